The molecule has 23 heavy (non-hydrogen) atoms. The summed E-state index contributed by atoms with van der Waals surface area (Å²) in [6, 6.07) is 9.33. The number of allylic oxidation sites excluding steroid dienone is 1. The van der Waals surface area contributed by atoms with Gasteiger partial charge in [0.15, 0.2) is 0 Å². The van der Waals surface area contributed by atoms with Crippen molar-refractivity contribution in [2.45, 2.75) is 13.8 Å². The predicted molar refractivity (Wildman–Crippen MR) is 90.5 cm³/mol. The standard InChI is InChI=1S/C19H18O4/c1-11(2)3-4-12-5-15(20)8-14-9-18(23-19(12)14)13-6-16(21)10-17(22)7-13/h3-11,20-22H,1-2H3. The molecule has 3 rings (SSSR count). The fourth-order valence-electron chi connectivity index (χ4n) is 2.46. The minimum atomic E-state index is -0.0387. The molecule has 0 aliphatic heterocycles. The van der Waals surface area contributed by atoms with Crippen LogP contribution in [-0.4, -0.2) is 15.3 Å². The molecule has 4 heteroatoms. The molecular formula is C19H18O4. The van der Waals surface area contributed by atoms with Crippen LogP contribution in [0, 0.1) is 5.92 Å². The van der Waals surface area contributed by atoms with Gasteiger partial charge in [0, 0.05) is 22.6 Å². The summed E-state index contributed by atoms with van der Waals surface area (Å²) in [5, 5.41) is 29.9. The molecule has 0 aliphatic rings. The smallest absolute Gasteiger partial charge is 0.142 e. The number of aromatic hydroxyl groups is 3. The van der Waals surface area contributed by atoms with Crippen LogP contribution < -0.4 is 0 Å². The maximum absolute atomic E-state index is 9.89. The van der Waals surface area contributed by atoms with Gasteiger partial charge in [-0.15, -0.1) is 0 Å². The van der Waals surface area contributed by atoms with Gasteiger partial charge >= 0.3 is 0 Å². The van der Waals surface area contributed by atoms with Crippen molar-refractivity contribution in [3.63, 3.8) is 0 Å². The maximum Gasteiger partial charge on any atom is 0.142 e. The van der Waals surface area contributed by atoms with Gasteiger partial charge in [-0.2, -0.15) is 0 Å². The van der Waals surface area contributed by atoms with Crippen molar-refractivity contribution in [2.24, 2.45) is 5.92 Å². The van der Waals surface area contributed by atoms with Crippen molar-refractivity contribution < 1.29 is 19.7 Å². The maximum atomic E-state index is 9.89. The van der Waals surface area contributed by atoms with Crippen LogP contribution in [0.15, 0.2) is 46.9 Å². The molecule has 0 bridgehead atoms. The van der Waals surface area contributed by atoms with Gasteiger partial charge in [-0.25, -0.2) is 0 Å². The third-order valence-corrected chi connectivity index (χ3v) is 3.48. The lowest BCUT2D eigenvalue weighted by molar-refractivity contribution is 0.450. The first-order valence-electron chi connectivity index (χ1n) is 7.40. The minimum Gasteiger partial charge on any atom is -0.508 e. The van der Waals surface area contributed by atoms with Crippen LogP contribution in [0.2, 0.25) is 0 Å². The number of benzene rings is 2. The monoisotopic (exact) mass is 310 g/mol. The van der Waals surface area contributed by atoms with Gasteiger partial charge in [0.25, 0.3) is 0 Å². The van der Waals surface area contributed by atoms with Gasteiger partial charge in [0.1, 0.15) is 28.6 Å². The van der Waals surface area contributed by atoms with Gasteiger partial charge in [0.2, 0.25) is 0 Å². The van der Waals surface area contributed by atoms with Gasteiger partial charge in [-0.05, 0) is 36.2 Å². The molecule has 0 saturated carbocycles. The number of phenolic OH excluding ortho intramolecular Hbond substituents is 3. The van der Waals surface area contributed by atoms with Crippen molar-refractivity contribution in [1.29, 1.82) is 0 Å². The Morgan fingerprint density at radius 3 is 2.17 bits per heavy atom. The molecule has 4 nitrogen and oxygen atoms in total. The van der Waals surface area contributed by atoms with E-state index in [1.807, 2.05) is 12.2 Å². The predicted octanol–water partition coefficient (Wildman–Crippen LogP) is 4.89. The largest absolute Gasteiger partial charge is 0.508 e. The summed E-state index contributed by atoms with van der Waals surface area (Å²) in [7, 11) is 0. The first kappa shape index (κ1) is 15.0. The summed E-state index contributed by atoms with van der Waals surface area (Å²) in [6.45, 7) is 4.14. The van der Waals surface area contributed by atoms with Crippen LogP contribution in [0.3, 0.4) is 0 Å². The lowest BCUT2D eigenvalue weighted by atomic mass is 10.1. The first-order valence-corrected chi connectivity index (χ1v) is 7.40. The molecule has 1 aromatic heterocycles. The lowest BCUT2D eigenvalue weighted by Gasteiger charge is -2.01. The minimum absolute atomic E-state index is 0.0387. The topological polar surface area (TPSA) is 73.8 Å². The fourth-order valence-corrected chi connectivity index (χ4v) is 2.46. The van der Waals surface area contributed by atoms with Crippen molar-refractivity contribution in [3.05, 3.63) is 48.0 Å². The van der Waals surface area contributed by atoms with Crippen LogP contribution in [0.25, 0.3) is 28.4 Å². The SMILES string of the molecule is CC(C)C=Cc1cc(O)cc2cc(-c3cc(O)cc(O)c3)oc12. The van der Waals surface area contributed by atoms with E-state index in [0.717, 1.165) is 10.9 Å². The van der Waals surface area contributed by atoms with Crippen molar-refractivity contribution in [3.8, 4) is 28.6 Å². The lowest BCUT2D eigenvalue weighted by Crippen LogP contribution is -1.79. The number of furan rings is 1. The Morgan fingerprint density at radius 1 is 0.870 bits per heavy atom. The van der Waals surface area contributed by atoms with Crippen LogP contribution in [0.4, 0.5) is 0 Å². The normalized spacial score (nSPS) is 11.8. The molecule has 0 aliphatic carbocycles. The Balaban J connectivity index is 2.16. The summed E-state index contributed by atoms with van der Waals surface area (Å²) in [6.07, 6.45) is 3.94. The van der Waals surface area contributed by atoms with E-state index < -0.39 is 0 Å². The molecule has 1 heterocycles. The van der Waals surface area contributed by atoms with E-state index in [-0.39, 0.29) is 17.2 Å². The molecule has 0 atom stereocenters. The number of rotatable bonds is 3. The summed E-state index contributed by atoms with van der Waals surface area (Å²) >= 11 is 0. The fraction of sp³-hybridized carbons (Fsp3) is 0.158. The third kappa shape index (κ3) is 3.16. The summed E-state index contributed by atoms with van der Waals surface area (Å²) in [5.41, 5.74) is 2.00. The van der Waals surface area contributed by atoms with Gasteiger partial charge in [0.05, 0.1) is 0 Å². The highest BCUT2D eigenvalue weighted by molar-refractivity contribution is 5.91. The second-order valence-electron chi connectivity index (χ2n) is 5.91. The summed E-state index contributed by atoms with van der Waals surface area (Å²) < 4.78 is 5.90. The molecule has 118 valence electrons. The Labute approximate surface area is 133 Å². The van der Waals surface area contributed by atoms with E-state index in [0.29, 0.717) is 22.8 Å². The van der Waals surface area contributed by atoms with Crippen LogP contribution in [0.5, 0.6) is 17.2 Å². The molecule has 2 aromatic carbocycles. The van der Waals surface area contributed by atoms with Crippen LogP contribution in [-0.2, 0) is 0 Å². The molecule has 0 spiro atoms. The molecule has 0 amide bonds. The molecular weight excluding hydrogens is 292 g/mol. The Bertz CT molecular complexity index is 868. The van der Waals surface area contributed by atoms with Crippen LogP contribution in [0.1, 0.15) is 19.4 Å². The zero-order chi connectivity index (χ0) is 16.6. The molecule has 0 fully saturated rings. The van der Waals surface area contributed by atoms with E-state index in [9.17, 15) is 15.3 Å². The number of hydrogen-bond acceptors (Lipinski definition) is 4. The zero-order valence-corrected chi connectivity index (χ0v) is 12.9. The van der Waals surface area contributed by atoms with Crippen molar-refractivity contribution in [2.75, 3.05) is 0 Å². The summed E-state index contributed by atoms with van der Waals surface area (Å²) in [5.74, 6) is 0.972. The molecule has 0 unspecified atom stereocenters. The Morgan fingerprint density at radius 2 is 1.52 bits per heavy atom. The number of phenols is 3. The average molecular weight is 310 g/mol. The number of hydrogen-bond donors (Lipinski definition) is 3. The van der Waals surface area contributed by atoms with Crippen molar-refractivity contribution >= 4 is 17.0 Å². The summed E-state index contributed by atoms with van der Waals surface area (Å²) in [4.78, 5) is 0. The molecule has 0 radical (unpaired) electrons. The zero-order valence-electron chi connectivity index (χ0n) is 12.9. The Hall–Kier alpha value is -2.88. The van der Waals surface area contributed by atoms with Gasteiger partial charge in [-0.1, -0.05) is 26.0 Å². The highest BCUT2D eigenvalue weighted by Crippen LogP contribution is 2.35. The van der Waals surface area contributed by atoms with E-state index in [1.54, 1.807) is 18.2 Å². The number of fused-ring (bicyclic) bond motifs is 1. The first-order chi connectivity index (χ1) is 10.9. The van der Waals surface area contributed by atoms with E-state index in [4.69, 9.17) is 4.42 Å². The van der Waals surface area contributed by atoms with Crippen molar-refractivity contribution in [1.82, 2.24) is 0 Å². The third-order valence-electron chi connectivity index (χ3n) is 3.48. The molecule has 3 aromatic rings. The Kier molecular flexibility index (Phi) is 3.74. The van der Waals surface area contributed by atoms with Gasteiger partial charge in [-0.3, -0.25) is 0 Å². The average Bonchev–Trinajstić information content (AvgIpc) is 2.87. The highest BCUT2D eigenvalue weighted by Gasteiger charge is 2.12. The van der Waals surface area contributed by atoms with Crippen LogP contribution >= 0.6 is 0 Å². The van der Waals surface area contributed by atoms with E-state index in [1.165, 1.54) is 18.2 Å². The quantitative estimate of drug-likeness (QED) is 0.644. The second kappa shape index (κ2) is 5.72. The second-order valence-corrected chi connectivity index (χ2v) is 5.91. The van der Waals surface area contributed by atoms with Gasteiger partial charge < -0.3 is 19.7 Å². The molecule has 3 N–H and O–H groups in total. The van der Waals surface area contributed by atoms with E-state index >= 15 is 0 Å². The highest BCUT2D eigenvalue weighted by atomic mass is 16.3. The van der Waals surface area contributed by atoms with E-state index in [2.05, 4.69) is 13.8 Å². The molecule has 0 saturated heterocycles.